The van der Waals surface area contributed by atoms with Crippen molar-refractivity contribution in [2.24, 2.45) is 0 Å². The molecule has 4 aromatic carbocycles. The Bertz CT molecular complexity index is 1270. The van der Waals surface area contributed by atoms with Gasteiger partial charge in [-0.15, -0.1) is 0 Å². The molecule has 0 saturated heterocycles. The van der Waals surface area contributed by atoms with Crippen molar-refractivity contribution in [2.45, 2.75) is 68.1 Å². The first kappa shape index (κ1) is 26.2. The van der Waals surface area contributed by atoms with Crippen LogP contribution in [0.25, 0.3) is 22.3 Å². The van der Waals surface area contributed by atoms with Crippen LogP contribution in [0.2, 0.25) is 21.4 Å². The van der Waals surface area contributed by atoms with Gasteiger partial charge in [0.25, 0.3) is 0 Å². The fourth-order valence-corrected chi connectivity index (χ4v) is 57.3. The molecule has 0 radical (unpaired) electrons. The Hall–Kier alpha value is -2.02. The first-order valence-corrected chi connectivity index (χ1v) is 28.6. The van der Waals surface area contributed by atoms with Gasteiger partial charge in [0, 0.05) is 0 Å². The molecule has 0 bridgehead atoms. The van der Waals surface area contributed by atoms with Gasteiger partial charge in [-0.3, -0.25) is 0 Å². The van der Waals surface area contributed by atoms with Crippen molar-refractivity contribution < 1.29 is 17.9 Å². The molecule has 2 aliphatic rings. The molecule has 2 aliphatic carbocycles. The molecule has 0 amide bonds. The maximum atomic E-state index is 2.80. The van der Waals surface area contributed by atoms with Crippen molar-refractivity contribution in [1.82, 2.24) is 0 Å². The third-order valence-corrected chi connectivity index (χ3v) is 61.2. The summed E-state index contributed by atoms with van der Waals surface area (Å²) in [6, 6.07) is 38.3. The topological polar surface area (TPSA) is 0 Å². The van der Waals surface area contributed by atoms with Gasteiger partial charge in [0.1, 0.15) is 0 Å². The molecule has 0 saturated carbocycles. The molecular formula is C36H43SiZr. The van der Waals surface area contributed by atoms with Gasteiger partial charge < -0.3 is 0 Å². The SMILES string of the molecule is CCC[CH2][Zr]([CH2]CCC)([CH]1c2ccccc2-c2ccccc21)([CH]1c2ccccc2-c2ccccc21)[SiH](C)C. The van der Waals surface area contributed by atoms with Crippen LogP contribution in [-0.4, -0.2) is 5.92 Å². The number of benzene rings is 4. The second kappa shape index (κ2) is 10.2. The van der Waals surface area contributed by atoms with E-state index < -0.39 is 23.9 Å². The Morgan fingerprint density at radius 3 is 1.05 bits per heavy atom. The molecule has 4 aromatic rings. The van der Waals surface area contributed by atoms with Crippen LogP contribution in [0.15, 0.2) is 97.1 Å². The minimum atomic E-state index is -3.85. The van der Waals surface area contributed by atoms with Gasteiger partial charge in [0.05, 0.1) is 0 Å². The van der Waals surface area contributed by atoms with Gasteiger partial charge in [-0.2, -0.15) is 0 Å². The summed E-state index contributed by atoms with van der Waals surface area (Å²) >= 11 is -3.85. The van der Waals surface area contributed by atoms with Crippen LogP contribution in [-0.2, 0) is 17.9 Å². The van der Waals surface area contributed by atoms with Crippen molar-refractivity contribution in [1.29, 1.82) is 0 Å². The molecule has 0 atom stereocenters. The summed E-state index contributed by atoms with van der Waals surface area (Å²) in [5.74, 6) is -1.15. The summed E-state index contributed by atoms with van der Waals surface area (Å²) in [6.45, 7) is 10.4. The Balaban J connectivity index is 1.78. The summed E-state index contributed by atoms with van der Waals surface area (Å²) in [6.07, 6.45) is 5.34. The molecule has 0 spiro atoms. The van der Waals surface area contributed by atoms with Crippen LogP contribution in [0.4, 0.5) is 0 Å². The zero-order valence-electron chi connectivity index (χ0n) is 23.7. The zero-order valence-corrected chi connectivity index (χ0v) is 27.3. The van der Waals surface area contributed by atoms with Crippen molar-refractivity contribution in [2.75, 3.05) is 0 Å². The maximum absolute atomic E-state index is 3.85. The van der Waals surface area contributed by atoms with Crippen molar-refractivity contribution in [3.05, 3.63) is 119 Å². The van der Waals surface area contributed by atoms with Crippen LogP contribution in [0.5, 0.6) is 0 Å². The van der Waals surface area contributed by atoms with Crippen LogP contribution < -0.4 is 0 Å². The second-order valence-corrected chi connectivity index (χ2v) is 47.2. The van der Waals surface area contributed by atoms with E-state index in [4.69, 9.17) is 0 Å². The van der Waals surface area contributed by atoms with Crippen LogP contribution >= 0.6 is 0 Å². The number of hydrogen-bond donors (Lipinski definition) is 0. The van der Waals surface area contributed by atoms with Gasteiger partial charge in [-0.05, 0) is 0 Å². The number of fused-ring (bicyclic) bond motifs is 6. The molecule has 0 unspecified atom stereocenters. The van der Waals surface area contributed by atoms with Crippen molar-refractivity contribution in [3.8, 4) is 22.3 Å². The molecule has 0 nitrogen and oxygen atoms in total. The van der Waals surface area contributed by atoms with E-state index >= 15 is 0 Å². The van der Waals surface area contributed by atoms with E-state index in [0.717, 1.165) is 0 Å². The minimum absolute atomic E-state index is 0.623. The van der Waals surface area contributed by atoms with E-state index in [1.807, 2.05) is 0 Å². The monoisotopic (exact) mass is 593 g/mol. The first-order chi connectivity index (χ1) is 18.6. The molecule has 195 valence electrons. The Morgan fingerprint density at radius 1 is 0.500 bits per heavy atom. The van der Waals surface area contributed by atoms with Gasteiger partial charge >= 0.3 is 234 Å². The van der Waals surface area contributed by atoms with E-state index in [0.29, 0.717) is 7.25 Å². The van der Waals surface area contributed by atoms with Gasteiger partial charge in [0.2, 0.25) is 0 Å². The summed E-state index contributed by atoms with van der Waals surface area (Å²) < 4.78 is 4.25. The van der Waals surface area contributed by atoms with E-state index in [1.165, 1.54) is 56.2 Å². The molecule has 2 heteroatoms. The molecule has 0 aromatic heterocycles. The average Bonchev–Trinajstić information content (AvgIpc) is 3.48. The van der Waals surface area contributed by atoms with Crippen molar-refractivity contribution in [3.63, 3.8) is 0 Å². The average molecular weight is 595 g/mol. The fourth-order valence-electron chi connectivity index (χ4n) is 9.24. The normalized spacial score (nSPS) is 15.6. The second-order valence-electron chi connectivity index (χ2n) is 12.6. The molecule has 6 rings (SSSR count). The van der Waals surface area contributed by atoms with Crippen LogP contribution in [0, 0.1) is 0 Å². The molecule has 0 N–H and O–H groups in total. The molecular weight excluding hydrogens is 552 g/mol. The van der Waals surface area contributed by atoms with E-state index in [1.54, 1.807) is 22.3 Å². The Kier molecular flexibility index (Phi) is 7.02. The fraction of sp³-hybridized carbons (Fsp3) is 0.333. The quantitative estimate of drug-likeness (QED) is 0.169. The first-order valence-electron chi connectivity index (χ1n) is 15.1. The van der Waals surface area contributed by atoms with Crippen LogP contribution in [0.1, 0.15) is 69.0 Å². The predicted octanol–water partition coefficient (Wildman–Crippen LogP) is 10.6. The summed E-state index contributed by atoms with van der Waals surface area (Å²) in [4.78, 5) is 0. The zero-order chi connectivity index (χ0) is 26.4. The summed E-state index contributed by atoms with van der Waals surface area (Å²) in [7, 11) is 0. The Morgan fingerprint density at radius 2 is 0.789 bits per heavy atom. The van der Waals surface area contributed by atoms with Crippen LogP contribution in [0.3, 0.4) is 0 Å². The Labute approximate surface area is 232 Å². The third-order valence-electron chi connectivity index (χ3n) is 10.9. The summed E-state index contributed by atoms with van der Waals surface area (Å²) in [5, 5.41) is 0. The van der Waals surface area contributed by atoms with Gasteiger partial charge in [-0.25, -0.2) is 0 Å². The number of unbranched alkanes of at least 4 members (excludes halogenated alkanes) is 2. The van der Waals surface area contributed by atoms with Gasteiger partial charge in [-0.1, -0.05) is 0 Å². The molecule has 38 heavy (non-hydrogen) atoms. The summed E-state index contributed by atoms with van der Waals surface area (Å²) in [5.41, 5.74) is 12.8. The third kappa shape index (κ3) is 3.55. The van der Waals surface area contributed by atoms with Crippen molar-refractivity contribution >= 4 is 5.92 Å². The van der Waals surface area contributed by atoms with E-state index in [9.17, 15) is 0 Å². The standard InChI is InChI=1S/2C13H9.2C4H9.C2H7Si.Zr/c2*1-3-7-12-10(5-1)9-11-6-2-4-8-13(11)12;2*1-3-4-2;1-3-2;/h2*1-9H;2*1,3-4H2,2H3;3H,1-2H3;. The van der Waals surface area contributed by atoms with E-state index in [-0.39, 0.29) is 0 Å². The molecule has 0 aliphatic heterocycles. The van der Waals surface area contributed by atoms with Gasteiger partial charge in [0.15, 0.2) is 0 Å². The predicted molar refractivity (Wildman–Crippen MR) is 166 cm³/mol. The number of hydrogen-bond acceptors (Lipinski definition) is 0. The van der Waals surface area contributed by atoms with E-state index in [2.05, 4.69) is 124 Å². The molecule has 0 fully saturated rings. The molecule has 0 heterocycles. The number of rotatable bonds is 9.